The predicted molar refractivity (Wildman–Crippen MR) is 130 cm³/mol. The number of rotatable bonds is 8. The van der Waals surface area contributed by atoms with E-state index >= 15 is 0 Å². The molecule has 1 saturated carbocycles. The predicted octanol–water partition coefficient (Wildman–Crippen LogP) is 2.57. The second kappa shape index (κ2) is 10.6. The van der Waals surface area contributed by atoms with Crippen molar-refractivity contribution in [3.8, 4) is 5.75 Å². The Morgan fingerprint density at radius 1 is 1.16 bits per heavy atom. The number of amides is 2. The number of allylic oxidation sites excluding steroid dienone is 2. The molecule has 174 valence electrons. The minimum absolute atomic E-state index is 0. The third kappa shape index (κ3) is 5.07. The molecule has 1 aromatic rings. The van der Waals surface area contributed by atoms with Crippen molar-refractivity contribution in [1.29, 1.82) is 0 Å². The number of carbonyl (C=O) groups excluding carboxylic acids is 2. The van der Waals surface area contributed by atoms with Gasteiger partial charge < -0.3 is 15.4 Å². The molecule has 1 heterocycles. The highest BCUT2D eigenvalue weighted by Crippen LogP contribution is 2.52. The van der Waals surface area contributed by atoms with Crippen molar-refractivity contribution in [2.24, 2.45) is 28.7 Å². The third-order valence-corrected chi connectivity index (χ3v) is 6.19. The van der Waals surface area contributed by atoms with Crippen molar-refractivity contribution in [2.75, 3.05) is 26.2 Å². The minimum Gasteiger partial charge on any atom is -0.489 e. The van der Waals surface area contributed by atoms with Crippen LogP contribution in [0.25, 0.3) is 0 Å². The average Bonchev–Trinajstić information content (AvgIpc) is 3.43. The van der Waals surface area contributed by atoms with Gasteiger partial charge in [-0.15, -0.1) is 24.0 Å². The summed E-state index contributed by atoms with van der Waals surface area (Å²) in [5, 5.41) is 6.35. The van der Waals surface area contributed by atoms with Crippen molar-refractivity contribution in [3.63, 3.8) is 0 Å². The molecule has 0 radical (unpaired) electrons. The van der Waals surface area contributed by atoms with Crippen LogP contribution in [0.3, 0.4) is 0 Å². The first-order chi connectivity index (χ1) is 15.0. The lowest BCUT2D eigenvalue weighted by Crippen LogP contribution is -2.44. The summed E-state index contributed by atoms with van der Waals surface area (Å²) >= 11 is 0. The number of ether oxygens (including phenoxy) is 1. The van der Waals surface area contributed by atoms with Gasteiger partial charge in [0.25, 0.3) is 0 Å². The van der Waals surface area contributed by atoms with E-state index in [-0.39, 0.29) is 71.4 Å². The number of hydrogen-bond donors (Lipinski definition) is 2. The molecule has 0 aromatic heterocycles. The van der Waals surface area contributed by atoms with Gasteiger partial charge in [0.05, 0.1) is 18.4 Å². The first-order valence-electron chi connectivity index (χ1n) is 11.0. The third-order valence-electron chi connectivity index (χ3n) is 6.19. The molecule has 3 aliphatic rings. The van der Waals surface area contributed by atoms with Gasteiger partial charge in [-0.05, 0) is 56.4 Å². The Labute approximate surface area is 204 Å². The number of halogens is 2. The van der Waals surface area contributed by atoms with Crippen molar-refractivity contribution >= 4 is 41.8 Å². The molecule has 0 spiro atoms. The summed E-state index contributed by atoms with van der Waals surface area (Å²) in [5.74, 6) is 0.952. The maximum Gasteiger partial charge on any atom is 0.233 e. The number of imide groups is 1. The van der Waals surface area contributed by atoms with E-state index in [1.165, 1.54) is 17.0 Å². The highest BCUT2D eigenvalue weighted by atomic mass is 127. The standard InChI is InChI=1S/C23H29FN4O3.HI/c1-3-25-23(27-13-14(2)31-18-8-6-17(24)7-9-18)26-10-11-28-21(29)19-15-4-5-16(12-15)20(19)22(28)30;/h4-9,14-16,19-20H,3,10-13H2,1-2H3,(H2,25,26,27);1H. The molecule has 2 aliphatic carbocycles. The zero-order valence-electron chi connectivity index (χ0n) is 18.3. The molecule has 2 fully saturated rings. The fourth-order valence-corrected chi connectivity index (χ4v) is 4.81. The number of aliphatic imine (C=N–C) groups is 1. The Morgan fingerprint density at radius 3 is 2.38 bits per heavy atom. The van der Waals surface area contributed by atoms with Crippen LogP contribution in [0.2, 0.25) is 0 Å². The SMILES string of the molecule is CCNC(=NCC(C)Oc1ccc(F)cc1)NCCN1C(=O)C2C3C=CC(C3)C2C1=O.I. The molecule has 1 aliphatic heterocycles. The molecule has 9 heteroatoms. The van der Waals surface area contributed by atoms with Crippen LogP contribution in [-0.4, -0.2) is 55.0 Å². The van der Waals surface area contributed by atoms with E-state index in [9.17, 15) is 14.0 Å². The molecule has 5 unspecified atom stereocenters. The molecule has 5 atom stereocenters. The molecule has 7 nitrogen and oxygen atoms in total. The quantitative estimate of drug-likeness (QED) is 0.169. The van der Waals surface area contributed by atoms with Crippen LogP contribution in [0.5, 0.6) is 5.75 Å². The summed E-state index contributed by atoms with van der Waals surface area (Å²) in [6, 6.07) is 5.88. The smallest absolute Gasteiger partial charge is 0.233 e. The molecule has 4 rings (SSSR count). The highest BCUT2D eigenvalue weighted by Gasteiger charge is 2.58. The van der Waals surface area contributed by atoms with Crippen LogP contribution >= 0.6 is 24.0 Å². The zero-order valence-corrected chi connectivity index (χ0v) is 20.6. The second-order valence-corrected chi connectivity index (χ2v) is 8.36. The van der Waals surface area contributed by atoms with Crippen molar-refractivity contribution in [1.82, 2.24) is 15.5 Å². The monoisotopic (exact) mass is 556 g/mol. The molecule has 1 saturated heterocycles. The first kappa shape index (κ1) is 24.5. The fourth-order valence-electron chi connectivity index (χ4n) is 4.81. The number of carbonyl (C=O) groups is 2. The van der Waals surface area contributed by atoms with E-state index in [4.69, 9.17) is 4.74 Å². The maximum absolute atomic E-state index is 13.0. The molecule has 2 N–H and O–H groups in total. The summed E-state index contributed by atoms with van der Waals surface area (Å²) in [6.45, 7) is 5.69. The average molecular weight is 556 g/mol. The van der Waals surface area contributed by atoms with E-state index in [0.717, 1.165) is 6.42 Å². The van der Waals surface area contributed by atoms with Crippen LogP contribution in [0, 0.1) is 29.5 Å². The molecular weight excluding hydrogens is 526 g/mol. The van der Waals surface area contributed by atoms with Gasteiger partial charge in [0.15, 0.2) is 5.96 Å². The van der Waals surface area contributed by atoms with E-state index in [1.807, 2.05) is 13.8 Å². The van der Waals surface area contributed by atoms with Gasteiger partial charge in [-0.3, -0.25) is 14.5 Å². The summed E-state index contributed by atoms with van der Waals surface area (Å²) < 4.78 is 18.8. The van der Waals surface area contributed by atoms with Crippen LogP contribution in [0.4, 0.5) is 4.39 Å². The maximum atomic E-state index is 13.0. The van der Waals surface area contributed by atoms with E-state index in [0.29, 0.717) is 37.9 Å². The normalized spacial score (nSPS) is 26.7. The number of fused-ring (bicyclic) bond motifs is 5. The second-order valence-electron chi connectivity index (χ2n) is 8.36. The number of benzene rings is 1. The van der Waals surface area contributed by atoms with E-state index in [2.05, 4.69) is 27.8 Å². The highest BCUT2D eigenvalue weighted by molar-refractivity contribution is 14.0. The lowest BCUT2D eigenvalue weighted by molar-refractivity contribution is -0.140. The van der Waals surface area contributed by atoms with Crippen molar-refractivity contribution in [3.05, 3.63) is 42.2 Å². The number of hydrogen-bond acceptors (Lipinski definition) is 4. The number of nitrogens with zero attached hydrogens (tertiary/aromatic N) is 2. The lowest BCUT2D eigenvalue weighted by atomic mass is 9.85. The molecule has 32 heavy (non-hydrogen) atoms. The Kier molecular flexibility index (Phi) is 8.13. The van der Waals surface area contributed by atoms with Gasteiger partial charge in [-0.25, -0.2) is 9.38 Å². The van der Waals surface area contributed by atoms with Gasteiger partial charge >= 0.3 is 0 Å². The summed E-state index contributed by atoms with van der Waals surface area (Å²) in [6.07, 6.45) is 4.94. The van der Waals surface area contributed by atoms with Crippen LogP contribution in [0.15, 0.2) is 41.4 Å². The van der Waals surface area contributed by atoms with Crippen LogP contribution in [0.1, 0.15) is 20.3 Å². The van der Waals surface area contributed by atoms with Gasteiger partial charge in [0.2, 0.25) is 11.8 Å². The topological polar surface area (TPSA) is 83.0 Å². The Bertz CT molecular complexity index is 862. The Balaban J connectivity index is 0.00000289. The van der Waals surface area contributed by atoms with E-state index < -0.39 is 0 Å². The fraction of sp³-hybridized carbons (Fsp3) is 0.522. The molecular formula is C23H30FIN4O3. The number of guanidine groups is 1. The van der Waals surface area contributed by atoms with Gasteiger partial charge in [0, 0.05) is 19.6 Å². The largest absolute Gasteiger partial charge is 0.489 e. The van der Waals surface area contributed by atoms with Crippen LogP contribution in [-0.2, 0) is 9.59 Å². The minimum atomic E-state index is -0.306. The zero-order chi connectivity index (χ0) is 22.0. The van der Waals surface area contributed by atoms with Gasteiger partial charge in [0.1, 0.15) is 17.7 Å². The summed E-state index contributed by atoms with van der Waals surface area (Å²) in [7, 11) is 0. The molecule has 2 bridgehead atoms. The number of nitrogens with one attached hydrogen (secondary N) is 2. The van der Waals surface area contributed by atoms with Gasteiger partial charge in [-0.2, -0.15) is 0 Å². The molecule has 1 aromatic carbocycles. The molecule has 2 amide bonds. The Hall–Kier alpha value is -2.17. The summed E-state index contributed by atoms with van der Waals surface area (Å²) in [4.78, 5) is 31.4. The van der Waals surface area contributed by atoms with Crippen molar-refractivity contribution in [2.45, 2.75) is 26.4 Å². The summed E-state index contributed by atoms with van der Waals surface area (Å²) in [5.41, 5.74) is 0. The number of likely N-dealkylation sites (tertiary alicyclic amines) is 1. The van der Waals surface area contributed by atoms with Gasteiger partial charge in [-0.1, -0.05) is 12.2 Å². The first-order valence-corrected chi connectivity index (χ1v) is 11.0. The Morgan fingerprint density at radius 2 is 1.78 bits per heavy atom. The van der Waals surface area contributed by atoms with Crippen molar-refractivity contribution < 1.29 is 18.7 Å². The van der Waals surface area contributed by atoms with E-state index in [1.54, 1.807) is 12.1 Å². The van der Waals surface area contributed by atoms with Crippen LogP contribution < -0.4 is 15.4 Å². The lowest BCUT2D eigenvalue weighted by Gasteiger charge is -2.19.